The van der Waals surface area contributed by atoms with E-state index in [1.807, 2.05) is 24.5 Å². The average Bonchev–Trinajstić information content (AvgIpc) is 2.95. The summed E-state index contributed by atoms with van der Waals surface area (Å²) < 4.78 is 2.03. The molecular weight excluding hydrogens is 344 g/mol. The summed E-state index contributed by atoms with van der Waals surface area (Å²) >= 11 is 1.50. The lowest BCUT2D eigenvalue weighted by Gasteiger charge is -2.40. The van der Waals surface area contributed by atoms with E-state index in [0.717, 1.165) is 29.5 Å². The van der Waals surface area contributed by atoms with Gasteiger partial charge < -0.3 is 4.90 Å². The van der Waals surface area contributed by atoms with Crippen LogP contribution in [0.5, 0.6) is 0 Å². The van der Waals surface area contributed by atoms with Crippen molar-refractivity contribution in [1.82, 2.24) is 19.7 Å². The van der Waals surface area contributed by atoms with E-state index in [4.69, 9.17) is 0 Å². The molecule has 1 amide bonds. The number of carbonyl (C=O) groups excluding carboxylic acids is 1. The molecule has 0 bridgehead atoms. The standard InChI is InChI=1S/C20H28N4OS/c1-13-8-6-11-18(12-13)24-17(5)21-22-20(24)26-16(4)19(25)23-14(2)9-7-10-15(23)3/h6,8,11-12,14-16H,7,9-10H2,1-5H3/t14-,15-,16+/m0/s1. The van der Waals surface area contributed by atoms with Gasteiger partial charge in [-0.2, -0.15) is 0 Å². The maximum absolute atomic E-state index is 13.1. The number of amides is 1. The predicted molar refractivity (Wildman–Crippen MR) is 106 cm³/mol. The van der Waals surface area contributed by atoms with Crippen LogP contribution in [0.25, 0.3) is 5.69 Å². The van der Waals surface area contributed by atoms with Gasteiger partial charge in [-0.1, -0.05) is 23.9 Å². The van der Waals surface area contributed by atoms with Crippen LogP contribution in [0.15, 0.2) is 29.4 Å². The van der Waals surface area contributed by atoms with Crippen LogP contribution in [0, 0.1) is 13.8 Å². The summed E-state index contributed by atoms with van der Waals surface area (Å²) in [4.78, 5) is 15.2. The monoisotopic (exact) mass is 372 g/mol. The van der Waals surface area contributed by atoms with Crippen molar-refractivity contribution in [3.05, 3.63) is 35.7 Å². The summed E-state index contributed by atoms with van der Waals surface area (Å²) in [6.45, 7) is 10.3. The molecule has 1 aliphatic rings. The molecule has 1 aromatic heterocycles. The molecule has 0 aliphatic carbocycles. The number of piperidine rings is 1. The molecule has 3 rings (SSSR count). The maximum Gasteiger partial charge on any atom is 0.236 e. The lowest BCUT2D eigenvalue weighted by Crippen LogP contribution is -2.50. The van der Waals surface area contributed by atoms with Gasteiger partial charge in [0.15, 0.2) is 5.16 Å². The molecule has 2 heterocycles. The smallest absolute Gasteiger partial charge is 0.236 e. The average molecular weight is 373 g/mol. The van der Waals surface area contributed by atoms with Crippen LogP contribution >= 0.6 is 11.8 Å². The van der Waals surface area contributed by atoms with Gasteiger partial charge in [0, 0.05) is 17.8 Å². The Morgan fingerprint density at radius 3 is 2.54 bits per heavy atom. The van der Waals surface area contributed by atoms with Crippen LogP contribution in [0.3, 0.4) is 0 Å². The minimum absolute atomic E-state index is 0.190. The van der Waals surface area contributed by atoms with Gasteiger partial charge in [0.1, 0.15) is 5.82 Å². The molecular formula is C20H28N4OS. The third-order valence-corrected chi connectivity index (χ3v) is 6.16. The van der Waals surface area contributed by atoms with Crippen molar-refractivity contribution >= 4 is 17.7 Å². The number of thioether (sulfide) groups is 1. The number of nitrogens with zero attached hydrogens (tertiary/aromatic N) is 4. The molecule has 1 aromatic carbocycles. The molecule has 140 valence electrons. The van der Waals surface area contributed by atoms with Crippen molar-refractivity contribution in [1.29, 1.82) is 0 Å². The molecule has 0 unspecified atom stereocenters. The van der Waals surface area contributed by atoms with Crippen LogP contribution in [-0.2, 0) is 4.79 Å². The summed E-state index contributed by atoms with van der Waals surface area (Å²) in [7, 11) is 0. The van der Waals surface area contributed by atoms with Gasteiger partial charge in [0.2, 0.25) is 5.91 Å². The zero-order chi connectivity index (χ0) is 18.8. The van der Waals surface area contributed by atoms with Crippen molar-refractivity contribution in [2.24, 2.45) is 0 Å². The van der Waals surface area contributed by atoms with Gasteiger partial charge in [-0.05, 0) is 71.6 Å². The number of rotatable bonds is 4. The summed E-state index contributed by atoms with van der Waals surface area (Å²) in [5, 5.41) is 9.16. The normalized spacial score (nSPS) is 21.7. The first-order valence-electron chi connectivity index (χ1n) is 9.36. The van der Waals surface area contributed by atoms with E-state index in [1.54, 1.807) is 0 Å². The Morgan fingerprint density at radius 2 is 1.88 bits per heavy atom. The second-order valence-electron chi connectivity index (χ2n) is 7.34. The summed E-state index contributed by atoms with van der Waals surface area (Å²) in [5.41, 5.74) is 2.22. The van der Waals surface area contributed by atoms with E-state index in [-0.39, 0.29) is 11.2 Å². The summed E-state index contributed by atoms with van der Waals surface area (Å²) in [5.74, 6) is 1.03. The molecule has 0 radical (unpaired) electrons. The SMILES string of the molecule is Cc1cccc(-n2c(C)nnc2S[C@H](C)C(=O)N2[C@@H](C)CCC[C@@H]2C)c1. The number of hydrogen-bond acceptors (Lipinski definition) is 4. The van der Waals surface area contributed by atoms with Crippen molar-refractivity contribution in [2.75, 3.05) is 0 Å². The highest BCUT2D eigenvalue weighted by Gasteiger charge is 2.32. The second kappa shape index (κ2) is 7.82. The number of likely N-dealkylation sites (tertiary alicyclic amines) is 1. The number of aryl methyl sites for hydroxylation is 2. The number of benzene rings is 1. The van der Waals surface area contributed by atoms with Crippen molar-refractivity contribution in [3.63, 3.8) is 0 Å². The zero-order valence-corrected chi connectivity index (χ0v) is 17.1. The Hall–Kier alpha value is -1.82. The quantitative estimate of drug-likeness (QED) is 0.757. The highest BCUT2D eigenvalue weighted by atomic mass is 32.2. The molecule has 1 saturated heterocycles. The Balaban J connectivity index is 1.82. The van der Waals surface area contributed by atoms with E-state index >= 15 is 0 Å². The molecule has 0 N–H and O–H groups in total. The highest BCUT2D eigenvalue weighted by molar-refractivity contribution is 8.00. The first kappa shape index (κ1) is 19.0. The van der Waals surface area contributed by atoms with Gasteiger partial charge in [-0.15, -0.1) is 10.2 Å². The molecule has 1 aliphatic heterocycles. The van der Waals surface area contributed by atoms with Crippen molar-refractivity contribution < 1.29 is 4.79 Å². The number of carbonyl (C=O) groups is 1. The minimum Gasteiger partial charge on any atom is -0.336 e. The topological polar surface area (TPSA) is 51.0 Å². The second-order valence-corrected chi connectivity index (χ2v) is 8.65. The summed E-state index contributed by atoms with van der Waals surface area (Å²) in [6, 6.07) is 8.89. The van der Waals surface area contributed by atoms with Crippen LogP contribution in [-0.4, -0.2) is 42.9 Å². The Morgan fingerprint density at radius 1 is 1.19 bits per heavy atom. The summed E-state index contributed by atoms with van der Waals surface area (Å²) in [6.07, 6.45) is 3.38. The third kappa shape index (κ3) is 3.80. The van der Waals surface area contributed by atoms with E-state index in [9.17, 15) is 4.79 Å². The molecule has 5 nitrogen and oxygen atoms in total. The zero-order valence-electron chi connectivity index (χ0n) is 16.3. The Bertz CT molecular complexity index is 778. The Labute approximate surface area is 160 Å². The number of hydrogen-bond donors (Lipinski definition) is 0. The maximum atomic E-state index is 13.1. The lowest BCUT2D eigenvalue weighted by atomic mass is 9.97. The highest BCUT2D eigenvalue weighted by Crippen LogP contribution is 2.30. The third-order valence-electron chi connectivity index (χ3n) is 5.13. The van der Waals surface area contributed by atoms with E-state index in [1.165, 1.54) is 23.7 Å². The fraction of sp³-hybridized carbons (Fsp3) is 0.550. The first-order chi connectivity index (χ1) is 12.4. The fourth-order valence-electron chi connectivity index (χ4n) is 3.76. The van der Waals surface area contributed by atoms with Gasteiger partial charge in [0.25, 0.3) is 0 Å². The molecule has 1 fully saturated rings. The first-order valence-corrected chi connectivity index (χ1v) is 10.2. The lowest BCUT2D eigenvalue weighted by molar-refractivity contribution is -0.136. The predicted octanol–water partition coefficient (Wildman–Crippen LogP) is 4.15. The van der Waals surface area contributed by atoms with Gasteiger partial charge in [-0.25, -0.2) is 0 Å². The van der Waals surface area contributed by atoms with Gasteiger partial charge in [0.05, 0.1) is 5.25 Å². The molecule has 0 saturated carbocycles. The fourth-order valence-corrected chi connectivity index (χ4v) is 4.73. The molecule has 3 atom stereocenters. The van der Waals surface area contributed by atoms with Crippen LogP contribution in [0.1, 0.15) is 51.4 Å². The van der Waals surface area contributed by atoms with Gasteiger partial charge >= 0.3 is 0 Å². The van der Waals surface area contributed by atoms with Gasteiger partial charge in [-0.3, -0.25) is 9.36 Å². The molecule has 2 aromatic rings. The Kier molecular flexibility index (Phi) is 5.70. The van der Waals surface area contributed by atoms with E-state index in [2.05, 4.69) is 54.1 Å². The van der Waals surface area contributed by atoms with E-state index < -0.39 is 0 Å². The van der Waals surface area contributed by atoms with Crippen LogP contribution in [0.4, 0.5) is 0 Å². The number of aromatic nitrogens is 3. The molecule has 6 heteroatoms. The van der Waals surface area contributed by atoms with E-state index in [0.29, 0.717) is 12.1 Å². The van der Waals surface area contributed by atoms with Crippen LogP contribution in [0.2, 0.25) is 0 Å². The van der Waals surface area contributed by atoms with Crippen molar-refractivity contribution in [2.45, 2.75) is 76.4 Å². The molecule has 26 heavy (non-hydrogen) atoms. The minimum atomic E-state index is -0.190. The largest absolute Gasteiger partial charge is 0.336 e. The van der Waals surface area contributed by atoms with Crippen molar-refractivity contribution in [3.8, 4) is 5.69 Å². The van der Waals surface area contributed by atoms with Crippen LogP contribution < -0.4 is 0 Å². The molecule has 0 spiro atoms.